The number of anilines is 7. The molecule has 3 aromatic rings. The summed E-state index contributed by atoms with van der Waals surface area (Å²) in [5, 5.41) is 5.85. The zero-order valence-corrected chi connectivity index (χ0v) is 15.7. The van der Waals surface area contributed by atoms with E-state index in [1.165, 1.54) is 6.26 Å². The molecular formula is C17H19FN8OS. The van der Waals surface area contributed by atoms with Gasteiger partial charge in [-0.2, -0.15) is 4.98 Å². The standard InChI is InChI=1S/C17H19FN8OS/c1-28(27)26-14-5-3-2-4-13(14)23-16-11(18)9-21-17(24-16)22-10-6-7-12(19)15(8-10)25-20/h2-9,25-26H,19-20H2,1H3,(H2,21,22,23,24). The van der Waals surface area contributed by atoms with Crippen molar-refractivity contribution in [1.82, 2.24) is 9.97 Å². The SMILES string of the molecule is CS(=O)Nc1ccccc1Nc1nc(Nc2ccc(N)c(NN)c2)ncc1F. The molecule has 0 aliphatic heterocycles. The lowest BCUT2D eigenvalue weighted by atomic mass is 10.2. The Labute approximate surface area is 163 Å². The predicted molar refractivity (Wildman–Crippen MR) is 111 cm³/mol. The van der Waals surface area contributed by atoms with Crippen molar-refractivity contribution < 1.29 is 8.60 Å². The van der Waals surface area contributed by atoms with Crippen LogP contribution in [-0.4, -0.2) is 20.4 Å². The summed E-state index contributed by atoms with van der Waals surface area (Å²) in [5.41, 5.74) is 11.0. The number of hydrogen-bond donors (Lipinski definition) is 6. The topological polar surface area (TPSA) is 143 Å². The lowest BCUT2D eigenvalue weighted by Crippen LogP contribution is -2.10. The van der Waals surface area contributed by atoms with Crippen LogP contribution in [0.5, 0.6) is 0 Å². The predicted octanol–water partition coefficient (Wildman–Crippen LogP) is 2.68. The van der Waals surface area contributed by atoms with Crippen LogP contribution in [0.25, 0.3) is 0 Å². The Morgan fingerprint density at radius 2 is 1.82 bits per heavy atom. The zero-order valence-electron chi connectivity index (χ0n) is 14.9. The number of rotatable bonds is 7. The van der Waals surface area contributed by atoms with Gasteiger partial charge in [0.05, 0.1) is 28.9 Å². The number of benzene rings is 2. The highest BCUT2D eigenvalue weighted by molar-refractivity contribution is 7.85. The van der Waals surface area contributed by atoms with Crippen LogP contribution in [0.15, 0.2) is 48.7 Å². The lowest BCUT2D eigenvalue weighted by molar-refractivity contribution is 0.619. The Morgan fingerprint density at radius 3 is 2.54 bits per heavy atom. The fourth-order valence-electron chi connectivity index (χ4n) is 2.37. The molecule has 0 radical (unpaired) electrons. The van der Waals surface area contributed by atoms with Crippen LogP contribution in [0.4, 0.5) is 44.6 Å². The molecule has 28 heavy (non-hydrogen) atoms. The molecule has 1 unspecified atom stereocenters. The molecule has 146 valence electrons. The van der Waals surface area contributed by atoms with Gasteiger partial charge in [0, 0.05) is 11.9 Å². The van der Waals surface area contributed by atoms with Crippen LogP contribution in [-0.2, 0) is 11.0 Å². The van der Waals surface area contributed by atoms with Crippen molar-refractivity contribution in [1.29, 1.82) is 0 Å². The van der Waals surface area contributed by atoms with Gasteiger partial charge in [-0.3, -0.25) is 5.84 Å². The summed E-state index contributed by atoms with van der Waals surface area (Å²) in [7, 11) is -1.28. The Morgan fingerprint density at radius 1 is 1.07 bits per heavy atom. The van der Waals surface area contributed by atoms with Gasteiger partial charge in [-0.25, -0.2) is 13.6 Å². The number of hydrogen-bond acceptors (Lipinski definition) is 8. The molecule has 0 bridgehead atoms. The summed E-state index contributed by atoms with van der Waals surface area (Å²) in [4.78, 5) is 8.11. The second kappa shape index (κ2) is 8.50. The van der Waals surface area contributed by atoms with Crippen LogP contribution in [0, 0.1) is 5.82 Å². The molecule has 1 heterocycles. The first-order chi connectivity index (χ1) is 13.5. The zero-order chi connectivity index (χ0) is 20.1. The van der Waals surface area contributed by atoms with Gasteiger partial charge < -0.3 is 26.5 Å². The van der Waals surface area contributed by atoms with E-state index in [9.17, 15) is 8.60 Å². The lowest BCUT2D eigenvalue weighted by Gasteiger charge is -2.13. The number of nitrogen functional groups attached to an aromatic ring is 2. The van der Waals surface area contributed by atoms with Gasteiger partial charge in [-0.1, -0.05) is 12.1 Å². The molecule has 0 saturated carbocycles. The fourth-order valence-corrected chi connectivity index (χ4v) is 2.85. The molecule has 1 atom stereocenters. The second-order valence-corrected chi connectivity index (χ2v) is 6.80. The third-order valence-corrected chi connectivity index (χ3v) is 4.15. The number of nitrogens with two attached hydrogens (primary N) is 2. The maximum absolute atomic E-state index is 14.2. The van der Waals surface area contributed by atoms with Crippen molar-refractivity contribution in [2.45, 2.75) is 0 Å². The van der Waals surface area contributed by atoms with Crippen molar-refractivity contribution in [2.75, 3.05) is 32.8 Å². The molecule has 9 nitrogen and oxygen atoms in total. The van der Waals surface area contributed by atoms with Crippen LogP contribution in [0.1, 0.15) is 0 Å². The van der Waals surface area contributed by atoms with Gasteiger partial charge in [-0.15, -0.1) is 0 Å². The molecule has 3 rings (SSSR count). The summed E-state index contributed by atoms with van der Waals surface area (Å²) in [5.74, 6) is 4.90. The highest BCUT2D eigenvalue weighted by atomic mass is 32.2. The highest BCUT2D eigenvalue weighted by Gasteiger charge is 2.11. The van der Waals surface area contributed by atoms with E-state index in [1.54, 1.807) is 42.5 Å². The minimum absolute atomic E-state index is 0.0405. The van der Waals surface area contributed by atoms with Crippen molar-refractivity contribution in [3.05, 3.63) is 54.5 Å². The first-order valence-corrected chi connectivity index (χ1v) is 9.64. The first kappa shape index (κ1) is 19.3. The van der Waals surface area contributed by atoms with Gasteiger partial charge in [0.1, 0.15) is 11.0 Å². The molecule has 1 aromatic heterocycles. The van der Waals surface area contributed by atoms with Gasteiger partial charge in [0.2, 0.25) is 5.95 Å². The molecule has 0 aliphatic rings. The molecule has 0 aliphatic carbocycles. The smallest absolute Gasteiger partial charge is 0.229 e. The third kappa shape index (κ3) is 4.64. The highest BCUT2D eigenvalue weighted by Crippen LogP contribution is 2.27. The Hall–Kier alpha value is -3.44. The maximum atomic E-state index is 14.2. The number of aromatic nitrogens is 2. The van der Waals surface area contributed by atoms with E-state index in [2.05, 4.69) is 30.7 Å². The Balaban J connectivity index is 1.86. The number of nitrogens with one attached hydrogen (secondary N) is 4. The molecule has 11 heteroatoms. The van der Waals surface area contributed by atoms with Gasteiger partial charge >= 0.3 is 0 Å². The summed E-state index contributed by atoms with van der Waals surface area (Å²) in [6.07, 6.45) is 2.55. The summed E-state index contributed by atoms with van der Waals surface area (Å²) in [6.45, 7) is 0. The number of nitrogens with zero attached hydrogens (tertiary/aromatic N) is 2. The van der Waals surface area contributed by atoms with Crippen molar-refractivity contribution in [3.8, 4) is 0 Å². The molecule has 0 spiro atoms. The van der Waals surface area contributed by atoms with Crippen LogP contribution in [0.3, 0.4) is 0 Å². The van der Waals surface area contributed by atoms with E-state index < -0.39 is 16.8 Å². The quantitative estimate of drug-likeness (QED) is 0.201. The van der Waals surface area contributed by atoms with Crippen LogP contribution in [0.2, 0.25) is 0 Å². The normalized spacial score (nSPS) is 11.5. The van der Waals surface area contributed by atoms with E-state index in [4.69, 9.17) is 11.6 Å². The Bertz CT molecular complexity index is 1020. The molecule has 0 saturated heterocycles. The third-order valence-electron chi connectivity index (χ3n) is 3.64. The largest absolute Gasteiger partial charge is 0.397 e. The average molecular weight is 402 g/mol. The number of para-hydroxylation sites is 2. The fraction of sp³-hybridized carbons (Fsp3) is 0.0588. The van der Waals surface area contributed by atoms with Gasteiger partial charge in [0.25, 0.3) is 0 Å². The summed E-state index contributed by atoms with van der Waals surface area (Å²) >= 11 is 0. The van der Waals surface area contributed by atoms with Crippen molar-refractivity contribution in [3.63, 3.8) is 0 Å². The van der Waals surface area contributed by atoms with Gasteiger partial charge in [-0.05, 0) is 30.3 Å². The molecule has 8 N–H and O–H groups in total. The van der Waals surface area contributed by atoms with E-state index in [1.807, 2.05) is 0 Å². The van der Waals surface area contributed by atoms with E-state index in [0.717, 1.165) is 6.20 Å². The molecule has 0 fully saturated rings. The molecule has 0 amide bonds. The maximum Gasteiger partial charge on any atom is 0.229 e. The monoisotopic (exact) mass is 402 g/mol. The minimum atomic E-state index is -1.28. The van der Waals surface area contributed by atoms with Crippen molar-refractivity contribution >= 4 is 51.2 Å². The number of hydrazine groups is 1. The van der Waals surface area contributed by atoms with Crippen LogP contribution < -0.4 is 32.4 Å². The average Bonchev–Trinajstić information content (AvgIpc) is 2.67. The molecular weight excluding hydrogens is 383 g/mol. The second-order valence-electron chi connectivity index (χ2n) is 5.69. The van der Waals surface area contributed by atoms with E-state index >= 15 is 0 Å². The van der Waals surface area contributed by atoms with Gasteiger partial charge in [0.15, 0.2) is 11.6 Å². The van der Waals surface area contributed by atoms with E-state index in [0.29, 0.717) is 28.4 Å². The number of halogens is 1. The van der Waals surface area contributed by atoms with Crippen LogP contribution >= 0.6 is 0 Å². The molecule has 2 aromatic carbocycles. The summed E-state index contributed by atoms with van der Waals surface area (Å²) in [6, 6.07) is 12.0. The summed E-state index contributed by atoms with van der Waals surface area (Å²) < 4.78 is 28.5. The first-order valence-electron chi connectivity index (χ1n) is 8.08. The van der Waals surface area contributed by atoms with Crippen molar-refractivity contribution in [2.24, 2.45) is 5.84 Å². The Kier molecular flexibility index (Phi) is 5.87. The minimum Gasteiger partial charge on any atom is -0.397 e. The van der Waals surface area contributed by atoms with E-state index in [-0.39, 0.29) is 11.8 Å².